The number of hydrogen-bond acceptors (Lipinski definition) is 3. The average molecular weight is 251 g/mol. The number of hydrogen-bond donors (Lipinski definition) is 1. The van der Waals surface area contributed by atoms with Crippen LogP contribution in [0.4, 0.5) is 0 Å². The highest BCUT2D eigenvalue weighted by Gasteiger charge is 2.36. The van der Waals surface area contributed by atoms with Gasteiger partial charge in [-0.1, -0.05) is 0 Å². The normalized spacial score (nSPS) is 35.3. The lowest BCUT2D eigenvalue weighted by atomic mass is 9.74. The minimum absolute atomic E-state index is 0.626. The molecule has 3 nitrogen and oxygen atoms in total. The van der Waals surface area contributed by atoms with Crippen LogP contribution in [-0.2, 0) is 0 Å². The van der Waals surface area contributed by atoms with Crippen molar-refractivity contribution in [2.24, 2.45) is 5.41 Å². The molecule has 3 heteroatoms. The summed E-state index contributed by atoms with van der Waals surface area (Å²) in [6, 6.07) is 0. The highest BCUT2D eigenvalue weighted by Crippen LogP contribution is 2.35. The van der Waals surface area contributed by atoms with E-state index in [1.54, 1.807) is 0 Å². The number of piperidine rings is 2. The number of nitrogens with one attached hydrogen (secondary N) is 1. The van der Waals surface area contributed by atoms with Gasteiger partial charge in [-0.25, -0.2) is 0 Å². The fraction of sp³-hybridized carbons (Fsp3) is 1.00. The van der Waals surface area contributed by atoms with Crippen LogP contribution in [0.25, 0.3) is 0 Å². The topological polar surface area (TPSA) is 18.5 Å². The summed E-state index contributed by atoms with van der Waals surface area (Å²) in [6.07, 6.45) is 8.57. The molecule has 1 spiro atoms. The highest BCUT2D eigenvalue weighted by molar-refractivity contribution is 4.91. The van der Waals surface area contributed by atoms with Crippen LogP contribution >= 0.6 is 0 Å². The monoisotopic (exact) mass is 251 g/mol. The van der Waals surface area contributed by atoms with Gasteiger partial charge in [0.25, 0.3) is 0 Å². The molecule has 1 unspecified atom stereocenters. The van der Waals surface area contributed by atoms with Crippen molar-refractivity contribution >= 4 is 0 Å². The molecule has 18 heavy (non-hydrogen) atoms. The molecule has 3 rings (SSSR count). The van der Waals surface area contributed by atoms with E-state index in [1.165, 1.54) is 90.9 Å². The van der Waals surface area contributed by atoms with E-state index < -0.39 is 0 Å². The van der Waals surface area contributed by atoms with Crippen LogP contribution in [0.2, 0.25) is 0 Å². The Bertz CT molecular complexity index is 249. The van der Waals surface area contributed by atoms with Crippen molar-refractivity contribution in [2.75, 3.05) is 52.4 Å². The third kappa shape index (κ3) is 3.06. The van der Waals surface area contributed by atoms with Crippen molar-refractivity contribution in [3.8, 4) is 0 Å². The van der Waals surface area contributed by atoms with Gasteiger partial charge in [-0.2, -0.15) is 0 Å². The Hall–Kier alpha value is -0.120. The van der Waals surface area contributed by atoms with Crippen LogP contribution in [0, 0.1) is 5.41 Å². The largest absolute Gasteiger partial charge is 0.316 e. The molecule has 0 aromatic carbocycles. The molecule has 3 heterocycles. The molecule has 0 aromatic heterocycles. The summed E-state index contributed by atoms with van der Waals surface area (Å²) in [5, 5.41) is 3.63. The maximum Gasteiger partial charge on any atom is 0.0110 e. The first-order valence-corrected chi connectivity index (χ1v) is 8.02. The molecule has 3 fully saturated rings. The smallest absolute Gasteiger partial charge is 0.0110 e. The van der Waals surface area contributed by atoms with Gasteiger partial charge in [0, 0.05) is 26.2 Å². The second-order valence-electron chi connectivity index (χ2n) is 6.71. The summed E-state index contributed by atoms with van der Waals surface area (Å²) < 4.78 is 0. The van der Waals surface area contributed by atoms with Gasteiger partial charge in [0.2, 0.25) is 0 Å². The molecule has 0 amide bonds. The molecule has 3 aliphatic rings. The maximum absolute atomic E-state index is 3.63. The Balaban J connectivity index is 1.47. The minimum Gasteiger partial charge on any atom is -0.316 e. The van der Waals surface area contributed by atoms with Gasteiger partial charge in [-0.15, -0.1) is 0 Å². The van der Waals surface area contributed by atoms with E-state index in [-0.39, 0.29) is 0 Å². The Morgan fingerprint density at radius 1 is 0.833 bits per heavy atom. The third-order valence-corrected chi connectivity index (χ3v) is 5.23. The van der Waals surface area contributed by atoms with Crippen molar-refractivity contribution in [3.05, 3.63) is 0 Å². The lowest BCUT2D eigenvalue weighted by molar-refractivity contribution is 0.0594. The van der Waals surface area contributed by atoms with Crippen LogP contribution < -0.4 is 5.32 Å². The second kappa shape index (κ2) is 5.89. The molecule has 0 aromatic rings. The van der Waals surface area contributed by atoms with Gasteiger partial charge in [0.05, 0.1) is 0 Å². The van der Waals surface area contributed by atoms with E-state index in [0.717, 1.165) is 0 Å². The molecule has 0 bridgehead atoms. The average Bonchev–Trinajstić information content (AvgIpc) is 2.91. The highest BCUT2D eigenvalue weighted by atomic mass is 15.2. The van der Waals surface area contributed by atoms with Crippen LogP contribution in [0.3, 0.4) is 0 Å². The van der Waals surface area contributed by atoms with Gasteiger partial charge >= 0.3 is 0 Å². The molecule has 104 valence electrons. The number of nitrogens with zero attached hydrogens (tertiary/aromatic N) is 2. The Kier molecular flexibility index (Phi) is 4.22. The summed E-state index contributed by atoms with van der Waals surface area (Å²) >= 11 is 0. The summed E-state index contributed by atoms with van der Waals surface area (Å²) in [6.45, 7) is 10.5. The van der Waals surface area contributed by atoms with Crippen molar-refractivity contribution in [1.82, 2.24) is 15.1 Å². The molecular formula is C15H29N3. The zero-order valence-corrected chi connectivity index (χ0v) is 11.8. The van der Waals surface area contributed by atoms with Crippen molar-refractivity contribution < 1.29 is 0 Å². The second-order valence-corrected chi connectivity index (χ2v) is 6.71. The fourth-order valence-electron chi connectivity index (χ4n) is 4.17. The first kappa shape index (κ1) is 12.9. The lowest BCUT2D eigenvalue weighted by Gasteiger charge is -2.45. The van der Waals surface area contributed by atoms with Crippen LogP contribution in [-0.4, -0.2) is 62.2 Å². The van der Waals surface area contributed by atoms with Crippen molar-refractivity contribution in [1.29, 1.82) is 0 Å². The molecule has 1 N–H and O–H groups in total. The molecular weight excluding hydrogens is 222 g/mol. The first-order chi connectivity index (χ1) is 8.86. The zero-order valence-electron chi connectivity index (χ0n) is 11.8. The quantitative estimate of drug-likeness (QED) is 0.821. The summed E-state index contributed by atoms with van der Waals surface area (Å²) in [7, 11) is 0. The summed E-state index contributed by atoms with van der Waals surface area (Å²) in [5.41, 5.74) is 0.626. The Labute approximate surface area is 112 Å². The predicted molar refractivity (Wildman–Crippen MR) is 75.9 cm³/mol. The number of likely N-dealkylation sites (tertiary alicyclic amines) is 2. The number of rotatable bonds is 3. The molecule has 0 aliphatic carbocycles. The zero-order chi connectivity index (χ0) is 12.3. The molecule has 0 saturated carbocycles. The van der Waals surface area contributed by atoms with E-state index >= 15 is 0 Å². The van der Waals surface area contributed by atoms with E-state index in [9.17, 15) is 0 Å². The third-order valence-electron chi connectivity index (χ3n) is 5.23. The van der Waals surface area contributed by atoms with E-state index in [2.05, 4.69) is 15.1 Å². The van der Waals surface area contributed by atoms with Crippen LogP contribution in [0.15, 0.2) is 0 Å². The minimum atomic E-state index is 0.626. The SMILES string of the molecule is C1CCN(CCN2CCCC3(CCCNC3)C2)C1. The predicted octanol–water partition coefficient (Wildman–Crippen LogP) is 1.55. The first-order valence-electron chi connectivity index (χ1n) is 8.02. The summed E-state index contributed by atoms with van der Waals surface area (Å²) in [4.78, 5) is 5.40. The van der Waals surface area contributed by atoms with E-state index in [0.29, 0.717) is 5.41 Å². The van der Waals surface area contributed by atoms with Crippen LogP contribution in [0.5, 0.6) is 0 Å². The molecule has 3 aliphatic heterocycles. The van der Waals surface area contributed by atoms with Gasteiger partial charge in [0.15, 0.2) is 0 Å². The standard InChI is InChI=1S/C15H29N3/c1-2-9-17(8-1)11-12-18-10-4-6-15(14-18)5-3-7-16-13-15/h16H,1-14H2. The fourth-order valence-corrected chi connectivity index (χ4v) is 4.17. The molecule has 0 radical (unpaired) electrons. The lowest BCUT2D eigenvalue weighted by Crippen LogP contribution is -2.52. The Morgan fingerprint density at radius 3 is 2.33 bits per heavy atom. The molecule has 3 saturated heterocycles. The Morgan fingerprint density at radius 2 is 1.56 bits per heavy atom. The van der Waals surface area contributed by atoms with Gasteiger partial charge in [0.1, 0.15) is 0 Å². The van der Waals surface area contributed by atoms with E-state index in [1.807, 2.05) is 0 Å². The van der Waals surface area contributed by atoms with Gasteiger partial charge in [-0.3, -0.25) is 0 Å². The van der Waals surface area contributed by atoms with Crippen LogP contribution in [0.1, 0.15) is 38.5 Å². The van der Waals surface area contributed by atoms with Crippen molar-refractivity contribution in [2.45, 2.75) is 38.5 Å². The molecule has 1 atom stereocenters. The maximum atomic E-state index is 3.63. The van der Waals surface area contributed by atoms with Crippen molar-refractivity contribution in [3.63, 3.8) is 0 Å². The summed E-state index contributed by atoms with van der Waals surface area (Å²) in [5.74, 6) is 0. The van der Waals surface area contributed by atoms with Gasteiger partial charge in [-0.05, 0) is 70.1 Å². The van der Waals surface area contributed by atoms with Gasteiger partial charge < -0.3 is 15.1 Å². The van der Waals surface area contributed by atoms with E-state index in [4.69, 9.17) is 0 Å².